The maximum atomic E-state index is 12.6. The van der Waals surface area contributed by atoms with Crippen molar-refractivity contribution in [2.24, 2.45) is 0 Å². The summed E-state index contributed by atoms with van der Waals surface area (Å²) >= 11 is 0. The van der Waals surface area contributed by atoms with Crippen LogP contribution in [-0.4, -0.2) is 18.2 Å². The van der Waals surface area contributed by atoms with Gasteiger partial charge in [0.15, 0.2) is 0 Å². The number of nitrogens with one attached hydrogen (secondary N) is 1. The van der Waals surface area contributed by atoms with Crippen LogP contribution < -0.4 is 4.72 Å². The summed E-state index contributed by atoms with van der Waals surface area (Å²) in [7, 11) is -3.90. The Balaban J connectivity index is 1.63. The van der Waals surface area contributed by atoms with E-state index in [0.29, 0.717) is 6.54 Å². The summed E-state index contributed by atoms with van der Waals surface area (Å²) in [6.07, 6.45) is -0.982. The molecule has 3 aromatic rings. The minimum atomic E-state index is -4.51. The number of alkyl halides is 3. The maximum absolute atomic E-state index is 12.6. The molecule has 2 aromatic carbocycles. The molecule has 0 aliphatic rings. The van der Waals surface area contributed by atoms with E-state index in [-0.39, 0.29) is 11.4 Å². The molecule has 27 heavy (non-hydrogen) atoms. The number of sulfonamides is 1. The molecule has 0 spiro atoms. The first-order valence-corrected chi connectivity index (χ1v) is 9.44. The van der Waals surface area contributed by atoms with Crippen molar-refractivity contribution in [2.45, 2.75) is 24.2 Å². The molecular weight excluding hydrogens is 379 g/mol. The Kier molecular flexibility index (Phi) is 5.33. The summed E-state index contributed by atoms with van der Waals surface area (Å²) in [5.74, 6) is 0. The first-order valence-electron chi connectivity index (χ1n) is 7.96. The van der Waals surface area contributed by atoms with E-state index < -0.39 is 21.8 Å². The molecule has 0 aliphatic carbocycles. The second-order valence-electron chi connectivity index (χ2n) is 5.87. The van der Waals surface area contributed by atoms with Crippen LogP contribution in [0, 0.1) is 0 Å². The Morgan fingerprint density at radius 3 is 2.15 bits per heavy atom. The summed E-state index contributed by atoms with van der Waals surface area (Å²) in [5.41, 5.74) is 0.844. The molecule has 9 heteroatoms. The van der Waals surface area contributed by atoms with Crippen molar-refractivity contribution in [3.05, 3.63) is 83.7 Å². The van der Waals surface area contributed by atoms with E-state index in [1.54, 1.807) is 23.0 Å². The van der Waals surface area contributed by atoms with Crippen LogP contribution >= 0.6 is 0 Å². The van der Waals surface area contributed by atoms with E-state index in [9.17, 15) is 21.6 Å². The zero-order valence-electron chi connectivity index (χ0n) is 14.0. The second-order valence-corrected chi connectivity index (χ2v) is 7.63. The molecule has 1 aromatic heterocycles. The van der Waals surface area contributed by atoms with Gasteiger partial charge in [-0.1, -0.05) is 24.3 Å². The SMILES string of the molecule is O=S(=O)(NCc1ccc(Cn2cccn2)cc1)c1ccc(C(F)(F)F)cc1. The summed E-state index contributed by atoms with van der Waals surface area (Å²) in [5, 5.41) is 4.11. The maximum Gasteiger partial charge on any atom is 0.416 e. The third kappa shape index (κ3) is 4.95. The minimum Gasteiger partial charge on any atom is -0.268 e. The Bertz CT molecular complexity index is 982. The first-order chi connectivity index (χ1) is 12.7. The highest BCUT2D eigenvalue weighted by molar-refractivity contribution is 7.89. The highest BCUT2D eigenvalue weighted by Gasteiger charge is 2.30. The van der Waals surface area contributed by atoms with Gasteiger partial charge in [-0.2, -0.15) is 18.3 Å². The van der Waals surface area contributed by atoms with Crippen LogP contribution in [0.3, 0.4) is 0 Å². The van der Waals surface area contributed by atoms with Gasteiger partial charge in [0.25, 0.3) is 0 Å². The highest BCUT2D eigenvalue weighted by Crippen LogP contribution is 2.29. The topological polar surface area (TPSA) is 64.0 Å². The van der Waals surface area contributed by atoms with Crippen molar-refractivity contribution in [1.82, 2.24) is 14.5 Å². The normalized spacial score (nSPS) is 12.3. The molecular formula is C18H16F3N3O2S. The Hall–Kier alpha value is -2.65. The van der Waals surface area contributed by atoms with Crippen LogP contribution in [0.1, 0.15) is 16.7 Å². The van der Waals surface area contributed by atoms with Gasteiger partial charge < -0.3 is 0 Å². The second kappa shape index (κ2) is 7.53. The summed E-state index contributed by atoms with van der Waals surface area (Å²) in [6.45, 7) is 0.635. The lowest BCUT2D eigenvalue weighted by Crippen LogP contribution is -2.23. The van der Waals surface area contributed by atoms with Gasteiger partial charge in [-0.25, -0.2) is 13.1 Å². The van der Waals surface area contributed by atoms with Crippen molar-refractivity contribution >= 4 is 10.0 Å². The Morgan fingerprint density at radius 1 is 0.963 bits per heavy atom. The molecule has 0 bridgehead atoms. The lowest BCUT2D eigenvalue weighted by Gasteiger charge is -2.10. The van der Waals surface area contributed by atoms with Gasteiger partial charge in [0.1, 0.15) is 0 Å². The number of aromatic nitrogens is 2. The van der Waals surface area contributed by atoms with E-state index in [2.05, 4.69) is 9.82 Å². The van der Waals surface area contributed by atoms with Crippen molar-refractivity contribution in [2.75, 3.05) is 0 Å². The van der Waals surface area contributed by atoms with Crippen molar-refractivity contribution in [1.29, 1.82) is 0 Å². The third-order valence-corrected chi connectivity index (χ3v) is 5.30. The molecule has 0 radical (unpaired) electrons. The number of halogens is 3. The lowest BCUT2D eigenvalue weighted by atomic mass is 10.1. The number of hydrogen-bond acceptors (Lipinski definition) is 3. The molecule has 5 nitrogen and oxygen atoms in total. The molecule has 1 N–H and O–H groups in total. The molecule has 0 atom stereocenters. The van der Waals surface area contributed by atoms with Gasteiger partial charge in [-0.05, 0) is 41.5 Å². The van der Waals surface area contributed by atoms with Crippen LogP contribution in [-0.2, 0) is 29.3 Å². The number of hydrogen-bond donors (Lipinski definition) is 1. The molecule has 0 fully saturated rings. The first kappa shape index (κ1) is 19.1. The van der Waals surface area contributed by atoms with Gasteiger partial charge in [-0.15, -0.1) is 0 Å². The molecule has 0 amide bonds. The lowest BCUT2D eigenvalue weighted by molar-refractivity contribution is -0.137. The predicted molar refractivity (Wildman–Crippen MR) is 93.2 cm³/mol. The summed E-state index contributed by atoms with van der Waals surface area (Å²) in [6, 6.07) is 12.5. The van der Waals surface area contributed by atoms with Gasteiger partial charge in [-0.3, -0.25) is 4.68 Å². The standard InChI is InChI=1S/C18H16F3N3O2S/c19-18(20,21)16-6-8-17(9-7-16)27(25,26)23-12-14-2-4-15(5-3-14)13-24-11-1-10-22-24/h1-11,23H,12-13H2. The fourth-order valence-corrected chi connectivity index (χ4v) is 3.45. The zero-order valence-corrected chi connectivity index (χ0v) is 14.8. The van der Waals surface area contributed by atoms with Gasteiger partial charge in [0, 0.05) is 18.9 Å². The quantitative estimate of drug-likeness (QED) is 0.696. The van der Waals surface area contributed by atoms with E-state index in [0.717, 1.165) is 35.4 Å². The van der Waals surface area contributed by atoms with Crippen LogP contribution in [0.5, 0.6) is 0 Å². The van der Waals surface area contributed by atoms with E-state index in [1.807, 2.05) is 24.4 Å². The molecule has 0 aliphatic heterocycles. The summed E-state index contributed by atoms with van der Waals surface area (Å²) < 4.78 is 66.3. The monoisotopic (exact) mass is 395 g/mol. The molecule has 0 saturated heterocycles. The fourth-order valence-electron chi connectivity index (χ4n) is 2.43. The van der Waals surface area contributed by atoms with Gasteiger partial charge >= 0.3 is 6.18 Å². The zero-order chi connectivity index (χ0) is 19.5. The van der Waals surface area contributed by atoms with Gasteiger partial charge in [0.05, 0.1) is 17.0 Å². The molecule has 3 rings (SSSR count). The number of rotatable bonds is 6. The van der Waals surface area contributed by atoms with Crippen LogP contribution in [0.4, 0.5) is 13.2 Å². The van der Waals surface area contributed by atoms with Crippen LogP contribution in [0.2, 0.25) is 0 Å². The fraction of sp³-hybridized carbons (Fsp3) is 0.167. The van der Waals surface area contributed by atoms with Crippen molar-refractivity contribution in [3.63, 3.8) is 0 Å². The number of nitrogens with zero attached hydrogens (tertiary/aromatic N) is 2. The van der Waals surface area contributed by atoms with E-state index >= 15 is 0 Å². The number of benzene rings is 2. The highest BCUT2D eigenvalue weighted by atomic mass is 32.2. The molecule has 0 saturated carbocycles. The average molecular weight is 395 g/mol. The Labute approximate surface area is 154 Å². The molecule has 1 heterocycles. The van der Waals surface area contributed by atoms with Crippen LogP contribution in [0.15, 0.2) is 71.9 Å². The van der Waals surface area contributed by atoms with E-state index in [4.69, 9.17) is 0 Å². The van der Waals surface area contributed by atoms with E-state index in [1.165, 1.54) is 0 Å². The third-order valence-electron chi connectivity index (χ3n) is 3.88. The van der Waals surface area contributed by atoms with Crippen molar-refractivity contribution in [3.8, 4) is 0 Å². The van der Waals surface area contributed by atoms with Gasteiger partial charge in [0.2, 0.25) is 10.0 Å². The predicted octanol–water partition coefficient (Wildman–Crippen LogP) is 3.43. The molecule has 0 unspecified atom stereocenters. The molecule has 142 valence electrons. The Morgan fingerprint density at radius 2 is 1.59 bits per heavy atom. The summed E-state index contributed by atoms with van der Waals surface area (Å²) in [4.78, 5) is -0.217. The van der Waals surface area contributed by atoms with Crippen molar-refractivity contribution < 1.29 is 21.6 Å². The minimum absolute atomic E-state index is 0.0331. The van der Waals surface area contributed by atoms with Crippen LogP contribution in [0.25, 0.3) is 0 Å². The average Bonchev–Trinajstić information content (AvgIpc) is 3.14. The largest absolute Gasteiger partial charge is 0.416 e. The smallest absolute Gasteiger partial charge is 0.268 e.